The maximum absolute atomic E-state index is 12.4. The van der Waals surface area contributed by atoms with Gasteiger partial charge in [0.2, 0.25) is 5.91 Å². The molecule has 74 heavy (non-hydrogen) atoms. The predicted octanol–water partition coefficient (Wildman–Crippen LogP) is 21.1. The molecule has 2 unspecified atom stereocenters. The zero-order chi connectivity index (χ0) is 53.6. The Morgan fingerprint density at radius 1 is 0.365 bits per heavy atom. The van der Waals surface area contributed by atoms with Gasteiger partial charge in [0.1, 0.15) is 0 Å². The molecule has 0 saturated heterocycles. The van der Waals surface area contributed by atoms with Crippen molar-refractivity contribution in [2.45, 2.75) is 373 Å². The number of aliphatic hydroxyl groups excluding tert-OH is 2. The van der Waals surface area contributed by atoms with Crippen LogP contribution in [0.1, 0.15) is 361 Å². The zero-order valence-electron chi connectivity index (χ0n) is 49.8. The molecular formula is C68H129NO5. The van der Waals surface area contributed by atoms with E-state index in [-0.39, 0.29) is 18.5 Å². The molecule has 0 fully saturated rings. The van der Waals surface area contributed by atoms with Gasteiger partial charge in [-0.05, 0) is 83.5 Å². The predicted molar refractivity (Wildman–Crippen MR) is 324 cm³/mol. The van der Waals surface area contributed by atoms with Crippen LogP contribution in [0.2, 0.25) is 0 Å². The van der Waals surface area contributed by atoms with Crippen molar-refractivity contribution in [3.05, 3.63) is 36.5 Å². The Morgan fingerprint density at radius 2 is 0.635 bits per heavy atom. The molecule has 0 aromatic carbocycles. The van der Waals surface area contributed by atoms with Gasteiger partial charge in [-0.1, -0.05) is 301 Å². The van der Waals surface area contributed by atoms with Crippen molar-refractivity contribution in [3.8, 4) is 0 Å². The number of esters is 1. The van der Waals surface area contributed by atoms with Gasteiger partial charge in [-0.15, -0.1) is 0 Å². The molecule has 0 spiro atoms. The van der Waals surface area contributed by atoms with E-state index in [1.54, 1.807) is 6.08 Å². The standard InChI is InChI=1S/C68H129NO5/c1-3-5-7-9-11-13-15-16-17-18-33-36-39-42-46-50-54-58-62-68(73)74-63-59-55-51-47-43-40-37-34-31-29-27-25-23-21-19-20-22-24-26-28-30-32-35-38-41-45-49-53-57-61-67(72)69-65(64-70)66(71)60-56-52-48-44-14-12-10-8-6-4-2/h17-19,21,56,60,65-66,70-71H,3-16,20,22-55,57-59,61-64H2,1-2H3,(H,69,72)/b18-17-,21-19-,60-56+. The summed E-state index contributed by atoms with van der Waals surface area (Å²) in [4.78, 5) is 24.5. The molecule has 0 radical (unpaired) electrons. The lowest BCUT2D eigenvalue weighted by molar-refractivity contribution is -0.143. The van der Waals surface area contributed by atoms with Gasteiger partial charge in [0.15, 0.2) is 0 Å². The van der Waals surface area contributed by atoms with Gasteiger partial charge in [-0.25, -0.2) is 0 Å². The molecule has 0 aliphatic heterocycles. The van der Waals surface area contributed by atoms with Crippen LogP contribution in [0.25, 0.3) is 0 Å². The van der Waals surface area contributed by atoms with Crippen molar-refractivity contribution < 1.29 is 24.5 Å². The van der Waals surface area contributed by atoms with Gasteiger partial charge < -0.3 is 20.3 Å². The Hall–Kier alpha value is -1.92. The maximum Gasteiger partial charge on any atom is 0.305 e. The summed E-state index contributed by atoms with van der Waals surface area (Å²) >= 11 is 0. The Balaban J connectivity index is 3.35. The molecular weight excluding hydrogens is 911 g/mol. The van der Waals surface area contributed by atoms with Crippen molar-refractivity contribution in [1.82, 2.24) is 5.32 Å². The lowest BCUT2D eigenvalue weighted by atomic mass is 10.0. The van der Waals surface area contributed by atoms with Crippen LogP contribution in [0.15, 0.2) is 36.5 Å². The molecule has 0 heterocycles. The molecule has 0 aromatic heterocycles. The van der Waals surface area contributed by atoms with E-state index in [0.29, 0.717) is 19.4 Å². The fourth-order valence-corrected chi connectivity index (χ4v) is 10.3. The normalized spacial score (nSPS) is 12.8. The number of rotatable bonds is 62. The van der Waals surface area contributed by atoms with Crippen LogP contribution in [-0.2, 0) is 14.3 Å². The number of carbonyl (C=O) groups is 2. The number of nitrogens with one attached hydrogen (secondary N) is 1. The van der Waals surface area contributed by atoms with E-state index in [2.05, 4.69) is 43.5 Å². The van der Waals surface area contributed by atoms with Gasteiger partial charge in [-0.3, -0.25) is 9.59 Å². The number of ether oxygens (including phenoxy) is 1. The van der Waals surface area contributed by atoms with Crippen LogP contribution in [0, 0.1) is 0 Å². The quantitative estimate of drug-likeness (QED) is 0.0320. The summed E-state index contributed by atoms with van der Waals surface area (Å²) in [5.74, 6) is -0.0549. The van der Waals surface area contributed by atoms with Crippen LogP contribution >= 0.6 is 0 Å². The topological polar surface area (TPSA) is 95.9 Å². The highest BCUT2D eigenvalue weighted by molar-refractivity contribution is 5.76. The first kappa shape index (κ1) is 72.1. The number of carbonyl (C=O) groups excluding carboxylic acids is 2. The monoisotopic (exact) mass is 1040 g/mol. The van der Waals surface area contributed by atoms with Crippen molar-refractivity contribution >= 4 is 11.9 Å². The number of unbranched alkanes of at least 4 members (excludes halogenated alkanes) is 47. The molecule has 0 rings (SSSR count). The van der Waals surface area contributed by atoms with Gasteiger partial charge in [0.05, 0.1) is 25.4 Å². The zero-order valence-corrected chi connectivity index (χ0v) is 49.8. The fourth-order valence-electron chi connectivity index (χ4n) is 10.3. The smallest absolute Gasteiger partial charge is 0.305 e. The first-order valence-electron chi connectivity index (χ1n) is 33.3. The Labute approximate surface area is 462 Å². The molecule has 6 heteroatoms. The molecule has 2 atom stereocenters. The van der Waals surface area contributed by atoms with E-state index in [0.717, 1.165) is 44.9 Å². The van der Waals surface area contributed by atoms with E-state index in [1.165, 1.54) is 289 Å². The van der Waals surface area contributed by atoms with E-state index in [1.807, 2.05) is 6.08 Å². The maximum atomic E-state index is 12.4. The lowest BCUT2D eigenvalue weighted by Gasteiger charge is -2.20. The van der Waals surface area contributed by atoms with Crippen LogP contribution in [0.4, 0.5) is 0 Å². The number of hydrogen-bond donors (Lipinski definition) is 3. The minimum absolute atomic E-state index is 0.0134. The molecule has 436 valence electrons. The second kappa shape index (κ2) is 63.6. The summed E-state index contributed by atoms with van der Waals surface area (Å²) in [6.45, 7) is 4.90. The molecule has 3 N–H and O–H groups in total. The van der Waals surface area contributed by atoms with Gasteiger partial charge >= 0.3 is 5.97 Å². The van der Waals surface area contributed by atoms with Crippen molar-refractivity contribution in [1.29, 1.82) is 0 Å². The first-order valence-corrected chi connectivity index (χ1v) is 33.3. The van der Waals surface area contributed by atoms with Crippen LogP contribution in [0.3, 0.4) is 0 Å². The van der Waals surface area contributed by atoms with Crippen LogP contribution in [-0.4, -0.2) is 47.4 Å². The summed E-state index contributed by atoms with van der Waals surface area (Å²) in [5, 5.41) is 23.0. The molecule has 0 saturated carbocycles. The fraction of sp³-hybridized carbons (Fsp3) is 0.882. The molecule has 0 aliphatic rings. The molecule has 6 nitrogen and oxygen atoms in total. The summed E-state index contributed by atoms with van der Waals surface area (Å²) in [5.41, 5.74) is 0. The number of hydrogen-bond acceptors (Lipinski definition) is 5. The summed E-state index contributed by atoms with van der Waals surface area (Å²) < 4.78 is 5.50. The highest BCUT2D eigenvalue weighted by Gasteiger charge is 2.18. The Bertz CT molecular complexity index is 1200. The van der Waals surface area contributed by atoms with E-state index < -0.39 is 12.1 Å². The number of amides is 1. The Morgan fingerprint density at radius 3 is 0.959 bits per heavy atom. The summed E-state index contributed by atoms with van der Waals surface area (Å²) in [6.07, 6.45) is 80.8. The van der Waals surface area contributed by atoms with Crippen molar-refractivity contribution in [3.63, 3.8) is 0 Å². The van der Waals surface area contributed by atoms with Crippen LogP contribution < -0.4 is 5.32 Å². The number of allylic oxidation sites excluding steroid dienone is 5. The van der Waals surface area contributed by atoms with Crippen molar-refractivity contribution in [2.75, 3.05) is 13.2 Å². The summed E-state index contributed by atoms with van der Waals surface area (Å²) in [6, 6.07) is -0.625. The van der Waals surface area contributed by atoms with Crippen LogP contribution in [0.5, 0.6) is 0 Å². The molecule has 1 amide bonds. The third-order valence-electron chi connectivity index (χ3n) is 15.4. The first-order chi connectivity index (χ1) is 36.5. The minimum atomic E-state index is -0.842. The van der Waals surface area contributed by atoms with E-state index in [4.69, 9.17) is 4.74 Å². The highest BCUT2D eigenvalue weighted by atomic mass is 16.5. The minimum Gasteiger partial charge on any atom is -0.466 e. The largest absolute Gasteiger partial charge is 0.466 e. The lowest BCUT2D eigenvalue weighted by Crippen LogP contribution is -2.45. The SMILES string of the molecule is CCCCCCCCC/C=C\CCCCCCCCCC(=O)OCCCCCCCCCCCCCC/C=C\CCCCCCCCCCCCCCCC(=O)NC(CO)C(O)/C=C/CCCCCCCCCC. The van der Waals surface area contributed by atoms with Gasteiger partial charge in [-0.2, -0.15) is 0 Å². The molecule has 0 aliphatic carbocycles. The number of aliphatic hydroxyl groups is 2. The second-order valence-electron chi connectivity index (χ2n) is 22.8. The molecule has 0 bridgehead atoms. The van der Waals surface area contributed by atoms with E-state index >= 15 is 0 Å². The van der Waals surface area contributed by atoms with E-state index in [9.17, 15) is 19.8 Å². The second-order valence-corrected chi connectivity index (χ2v) is 22.8. The third-order valence-corrected chi connectivity index (χ3v) is 15.4. The average molecular weight is 1040 g/mol. The van der Waals surface area contributed by atoms with Gasteiger partial charge in [0.25, 0.3) is 0 Å². The van der Waals surface area contributed by atoms with Gasteiger partial charge in [0, 0.05) is 12.8 Å². The third kappa shape index (κ3) is 59.3. The summed E-state index contributed by atoms with van der Waals surface area (Å²) in [7, 11) is 0. The average Bonchev–Trinajstić information content (AvgIpc) is 3.40. The van der Waals surface area contributed by atoms with Crippen molar-refractivity contribution in [2.24, 2.45) is 0 Å². The molecule has 0 aromatic rings. The Kier molecular flexibility index (Phi) is 62.0. The highest BCUT2D eigenvalue weighted by Crippen LogP contribution is 2.17.